The molecule has 4 rings (SSSR count). The van der Waals surface area contributed by atoms with Crippen molar-refractivity contribution in [1.82, 2.24) is 4.31 Å². The maximum absolute atomic E-state index is 13.4. The lowest BCUT2D eigenvalue weighted by Crippen LogP contribution is -2.38. The number of hydrogen-bond donors (Lipinski definition) is 1. The van der Waals surface area contributed by atoms with Gasteiger partial charge in [0.15, 0.2) is 0 Å². The van der Waals surface area contributed by atoms with Gasteiger partial charge in [-0.2, -0.15) is 4.31 Å². The van der Waals surface area contributed by atoms with Crippen LogP contribution in [0.25, 0.3) is 0 Å². The molecule has 1 unspecified atom stereocenters. The zero-order valence-electron chi connectivity index (χ0n) is 18.0. The molecule has 33 heavy (non-hydrogen) atoms. The summed E-state index contributed by atoms with van der Waals surface area (Å²) in [6.45, 7) is 1.31. The van der Waals surface area contributed by atoms with Gasteiger partial charge in [0.1, 0.15) is 4.21 Å². The van der Waals surface area contributed by atoms with Gasteiger partial charge < -0.3 is 10.5 Å². The van der Waals surface area contributed by atoms with E-state index in [9.17, 15) is 16.8 Å². The molecular weight excluding hydrogens is 480 g/mol. The molecule has 176 valence electrons. The Morgan fingerprint density at radius 3 is 2.45 bits per heavy atom. The van der Waals surface area contributed by atoms with E-state index in [0.717, 1.165) is 28.2 Å². The lowest BCUT2D eigenvalue weighted by Gasteiger charge is -2.24. The first kappa shape index (κ1) is 24.1. The molecule has 1 aliphatic heterocycles. The summed E-state index contributed by atoms with van der Waals surface area (Å²) in [5, 5.41) is 0. The average Bonchev–Trinajstić information content (AvgIpc) is 3.50. The fourth-order valence-corrected chi connectivity index (χ4v) is 8.33. The van der Waals surface area contributed by atoms with E-state index in [0.29, 0.717) is 19.6 Å². The summed E-state index contributed by atoms with van der Waals surface area (Å²) in [7, 11) is -7.71. The van der Waals surface area contributed by atoms with E-state index in [1.54, 1.807) is 6.07 Å². The number of benzene rings is 2. The first-order valence-electron chi connectivity index (χ1n) is 10.6. The first-order valence-corrected chi connectivity index (χ1v) is 14.3. The smallest absolute Gasteiger partial charge is 0.243 e. The van der Waals surface area contributed by atoms with Crippen molar-refractivity contribution in [1.29, 1.82) is 0 Å². The standard InChI is InChI=1S/C23H26N2O5S3/c24-15-20-11-12-23(31-20)32(26,27)21-9-4-10-22(14-21)33(28,29)25-13-5-8-19(25)17-30-16-18-6-2-1-3-7-18/h1-4,6-7,9-12,14,19H,5,8,13,15-17,24H2. The number of sulfonamides is 1. The predicted molar refractivity (Wildman–Crippen MR) is 127 cm³/mol. The maximum Gasteiger partial charge on any atom is 0.243 e. The Labute approximate surface area is 198 Å². The Morgan fingerprint density at radius 1 is 0.970 bits per heavy atom. The van der Waals surface area contributed by atoms with Crippen molar-refractivity contribution in [3.63, 3.8) is 0 Å². The van der Waals surface area contributed by atoms with Gasteiger partial charge in [-0.25, -0.2) is 16.8 Å². The summed E-state index contributed by atoms with van der Waals surface area (Å²) in [6.07, 6.45) is 1.43. The number of nitrogens with two attached hydrogens (primary N) is 1. The molecule has 1 aliphatic rings. The van der Waals surface area contributed by atoms with Crippen LogP contribution < -0.4 is 5.73 Å². The number of ether oxygens (including phenoxy) is 1. The topological polar surface area (TPSA) is 107 Å². The highest BCUT2D eigenvalue weighted by molar-refractivity contribution is 7.93. The Kier molecular flexibility index (Phi) is 7.32. The second kappa shape index (κ2) is 10.0. The van der Waals surface area contributed by atoms with Crippen molar-refractivity contribution in [3.8, 4) is 0 Å². The average molecular weight is 507 g/mol. The Hall–Kier alpha value is -2.08. The monoisotopic (exact) mass is 506 g/mol. The third-order valence-electron chi connectivity index (χ3n) is 5.57. The van der Waals surface area contributed by atoms with E-state index in [1.807, 2.05) is 30.3 Å². The summed E-state index contributed by atoms with van der Waals surface area (Å²) in [5.74, 6) is 0. The van der Waals surface area contributed by atoms with Gasteiger partial charge in [0, 0.05) is 24.0 Å². The van der Waals surface area contributed by atoms with Crippen LogP contribution >= 0.6 is 11.3 Å². The van der Waals surface area contributed by atoms with Crippen LogP contribution in [0.15, 0.2) is 80.7 Å². The summed E-state index contributed by atoms with van der Waals surface area (Å²) in [6, 6.07) is 18.2. The Bertz CT molecular complexity index is 1300. The highest BCUT2D eigenvalue weighted by Crippen LogP contribution is 2.31. The van der Waals surface area contributed by atoms with Crippen LogP contribution in [0.3, 0.4) is 0 Å². The normalized spacial score (nSPS) is 17.4. The van der Waals surface area contributed by atoms with Crippen molar-refractivity contribution < 1.29 is 21.6 Å². The molecule has 3 aromatic rings. The molecular formula is C23H26N2O5S3. The van der Waals surface area contributed by atoms with E-state index in [1.165, 1.54) is 34.6 Å². The van der Waals surface area contributed by atoms with E-state index < -0.39 is 19.9 Å². The third-order valence-corrected chi connectivity index (χ3v) is 10.9. The number of nitrogens with zero attached hydrogens (tertiary/aromatic N) is 1. The SMILES string of the molecule is NCc1ccc(S(=O)(=O)c2cccc(S(=O)(=O)N3CCCC3COCc3ccccc3)c2)s1. The molecule has 0 amide bonds. The van der Waals surface area contributed by atoms with Gasteiger partial charge in [0.25, 0.3) is 0 Å². The van der Waals surface area contributed by atoms with Crippen LogP contribution in [-0.2, 0) is 37.7 Å². The quantitative estimate of drug-likeness (QED) is 0.477. The molecule has 10 heteroatoms. The van der Waals surface area contributed by atoms with Gasteiger partial charge in [-0.1, -0.05) is 36.4 Å². The van der Waals surface area contributed by atoms with Gasteiger partial charge >= 0.3 is 0 Å². The molecule has 1 aromatic heterocycles. The molecule has 0 spiro atoms. The van der Waals surface area contributed by atoms with Crippen molar-refractivity contribution >= 4 is 31.2 Å². The molecule has 0 aliphatic carbocycles. The van der Waals surface area contributed by atoms with E-state index in [4.69, 9.17) is 10.5 Å². The zero-order chi connectivity index (χ0) is 23.5. The van der Waals surface area contributed by atoms with Crippen LogP contribution in [0.5, 0.6) is 0 Å². The van der Waals surface area contributed by atoms with Gasteiger partial charge in [0.2, 0.25) is 19.9 Å². The molecule has 2 heterocycles. The second-order valence-corrected chi connectivity index (χ2v) is 13.1. The molecule has 7 nitrogen and oxygen atoms in total. The maximum atomic E-state index is 13.4. The van der Waals surface area contributed by atoms with E-state index in [-0.39, 0.29) is 33.2 Å². The molecule has 0 bridgehead atoms. The highest BCUT2D eigenvalue weighted by atomic mass is 32.2. The third kappa shape index (κ3) is 5.21. The summed E-state index contributed by atoms with van der Waals surface area (Å²) in [4.78, 5) is 0.659. The van der Waals surface area contributed by atoms with E-state index in [2.05, 4.69) is 0 Å². The minimum absolute atomic E-state index is 0.0332. The fraction of sp³-hybridized carbons (Fsp3) is 0.304. The van der Waals surface area contributed by atoms with Gasteiger partial charge in [-0.15, -0.1) is 11.3 Å². The molecule has 1 saturated heterocycles. The molecule has 2 N–H and O–H groups in total. The summed E-state index contributed by atoms with van der Waals surface area (Å²) >= 11 is 1.09. The zero-order valence-corrected chi connectivity index (χ0v) is 20.4. The van der Waals surface area contributed by atoms with E-state index >= 15 is 0 Å². The fourth-order valence-electron chi connectivity index (χ4n) is 3.85. The van der Waals surface area contributed by atoms with Crippen molar-refractivity contribution in [3.05, 3.63) is 77.2 Å². The van der Waals surface area contributed by atoms with Gasteiger partial charge in [-0.05, 0) is 48.7 Å². The molecule has 0 saturated carbocycles. The van der Waals surface area contributed by atoms with Crippen LogP contribution in [-0.4, -0.2) is 40.3 Å². The number of hydrogen-bond acceptors (Lipinski definition) is 7. The van der Waals surface area contributed by atoms with Crippen LogP contribution in [0.4, 0.5) is 0 Å². The Morgan fingerprint density at radius 2 is 1.73 bits per heavy atom. The number of rotatable bonds is 9. The number of sulfone groups is 1. The largest absolute Gasteiger partial charge is 0.375 e. The summed E-state index contributed by atoms with van der Waals surface area (Å²) < 4.78 is 60.3. The van der Waals surface area contributed by atoms with Crippen molar-refractivity contribution in [2.24, 2.45) is 5.73 Å². The van der Waals surface area contributed by atoms with Crippen LogP contribution in [0.1, 0.15) is 23.3 Å². The lowest BCUT2D eigenvalue weighted by atomic mass is 10.2. The van der Waals surface area contributed by atoms with Gasteiger partial charge in [0.05, 0.1) is 23.0 Å². The predicted octanol–water partition coefficient (Wildman–Crippen LogP) is 3.41. The minimum Gasteiger partial charge on any atom is -0.375 e. The minimum atomic E-state index is -3.88. The summed E-state index contributed by atoms with van der Waals surface area (Å²) in [5.41, 5.74) is 6.62. The molecule has 1 fully saturated rings. The molecule has 2 aromatic carbocycles. The Balaban J connectivity index is 1.53. The lowest BCUT2D eigenvalue weighted by molar-refractivity contribution is 0.0873. The first-order chi connectivity index (χ1) is 15.8. The molecule has 1 atom stereocenters. The van der Waals surface area contributed by atoms with Crippen molar-refractivity contribution in [2.75, 3.05) is 13.2 Å². The van der Waals surface area contributed by atoms with Crippen LogP contribution in [0, 0.1) is 0 Å². The highest BCUT2D eigenvalue weighted by Gasteiger charge is 2.36. The van der Waals surface area contributed by atoms with Crippen LogP contribution in [0.2, 0.25) is 0 Å². The van der Waals surface area contributed by atoms with Crippen molar-refractivity contribution in [2.45, 2.75) is 46.0 Å². The molecule has 0 radical (unpaired) electrons. The van der Waals surface area contributed by atoms with Gasteiger partial charge in [-0.3, -0.25) is 0 Å². The second-order valence-electron chi connectivity index (χ2n) is 7.82. The number of thiophene rings is 1.